The fourth-order valence-electron chi connectivity index (χ4n) is 1.33. The van der Waals surface area contributed by atoms with E-state index < -0.39 is 12.6 Å². The number of nitrogens with one attached hydrogen (secondary N) is 1. The van der Waals surface area contributed by atoms with E-state index in [-0.39, 0.29) is 25.3 Å². The summed E-state index contributed by atoms with van der Waals surface area (Å²) in [6.45, 7) is -2.38. The molecule has 0 saturated carbocycles. The summed E-state index contributed by atoms with van der Waals surface area (Å²) in [5.41, 5.74) is 0.537. The number of carbonyl (C=O) groups is 1. The Labute approximate surface area is 111 Å². The maximum Gasteiger partial charge on any atom is 0.387 e. The Morgan fingerprint density at radius 1 is 1.50 bits per heavy atom. The summed E-state index contributed by atoms with van der Waals surface area (Å²) < 4.78 is 29.3. The number of carboxylic acids is 1. The predicted octanol–water partition coefficient (Wildman–Crippen LogP) is 2.61. The van der Waals surface area contributed by atoms with Crippen LogP contribution in [0.3, 0.4) is 0 Å². The van der Waals surface area contributed by atoms with Gasteiger partial charge in [-0.1, -0.05) is 12.1 Å². The lowest BCUT2D eigenvalue weighted by atomic mass is 10.2. The topological polar surface area (TPSA) is 58.6 Å². The maximum absolute atomic E-state index is 12.2. The Balaban J connectivity index is 2.63. The number of aliphatic carboxylic acids is 1. The molecule has 18 heavy (non-hydrogen) atoms. The van der Waals surface area contributed by atoms with Crippen LogP contribution in [0.15, 0.2) is 22.7 Å². The molecule has 1 rings (SSSR count). The van der Waals surface area contributed by atoms with Gasteiger partial charge in [-0.15, -0.1) is 0 Å². The molecule has 0 heterocycles. The summed E-state index contributed by atoms with van der Waals surface area (Å²) in [7, 11) is 0. The summed E-state index contributed by atoms with van der Waals surface area (Å²) in [4.78, 5) is 10.3. The first-order valence-electron chi connectivity index (χ1n) is 5.15. The van der Waals surface area contributed by atoms with Crippen LogP contribution in [0.4, 0.5) is 8.78 Å². The molecule has 0 bridgehead atoms. The highest BCUT2D eigenvalue weighted by Gasteiger charge is 2.12. The molecule has 0 spiro atoms. The van der Waals surface area contributed by atoms with Crippen LogP contribution in [0.25, 0.3) is 0 Å². The normalized spacial score (nSPS) is 10.7. The average molecular weight is 324 g/mol. The summed E-state index contributed by atoms with van der Waals surface area (Å²) >= 11 is 3.13. The van der Waals surface area contributed by atoms with Crippen LogP contribution >= 0.6 is 15.9 Å². The number of carboxylic acid groups (broad SMARTS) is 1. The van der Waals surface area contributed by atoms with Crippen LogP contribution in [-0.2, 0) is 11.3 Å². The first-order chi connectivity index (χ1) is 8.50. The second-order valence-electron chi connectivity index (χ2n) is 3.43. The van der Waals surface area contributed by atoms with Gasteiger partial charge in [-0.2, -0.15) is 8.78 Å². The quantitative estimate of drug-likeness (QED) is 0.757. The lowest BCUT2D eigenvalue weighted by Gasteiger charge is -2.12. The van der Waals surface area contributed by atoms with E-state index in [2.05, 4.69) is 26.0 Å². The van der Waals surface area contributed by atoms with Gasteiger partial charge in [0.25, 0.3) is 0 Å². The van der Waals surface area contributed by atoms with Gasteiger partial charge in [0.1, 0.15) is 5.75 Å². The van der Waals surface area contributed by atoms with Crippen molar-refractivity contribution in [2.24, 2.45) is 0 Å². The molecule has 0 aliphatic carbocycles. The minimum atomic E-state index is -2.90. The van der Waals surface area contributed by atoms with Gasteiger partial charge in [0, 0.05) is 18.7 Å². The molecule has 4 nitrogen and oxygen atoms in total. The second kappa shape index (κ2) is 7.27. The van der Waals surface area contributed by atoms with E-state index in [4.69, 9.17) is 5.11 Å². The van der Waals surface area contributed by atoms with Crippen LogP contribution in [0.2, 0.25) is 0 Å². The number of ether oxygens (including phenoxy) is 1. The number of hydrogen-bond donors (Lipinski definition) is 2. The highest BCUT2D eigenvalue weighted by atomic mass is 79.9. The monoisotopic (exact) mass is 323 g/mol. The van der Waals surface area contributed by atoms with E-state index in [1.807, 2.05) is 0 Å². The summed E-state index contributed by atoms with van der Waals surface area (Å²) in [6, 6.07) is 4.92. The van der Waals surface area contributed by atoms with Gasteiger partial charge < -0.3 is 15.2 Å². The van der Waals surface area contributed by atoms with Crippen LogP contribution in [0, 0.1) is 0 Å². The summed E-state index contributed by atoms with van der Waals surface area (Å²) in [5.74, 6) is -0.851. The molecule has 0 amide bonds. The third kappa shape index (κ3) is 4.97. The largest absolute Gasteiger partial charge is 0.481 e. The van der Waals surface area contributed by atoms with Crippen molar-refractivity contribution in [1.29, 1.82) is 0 Å². The van der Waals surface area contributed by atoms with Crippen molar-refractivity contribution < 1.29 is 23.4 Å². The predicted molar refractivity (Wildman–Crippen MR) is 64.7 cm³/mol. The minimum Gasteiger partial charge on any atom is -0.481 e. The van der Waals surface area contributed by atoms with Crippen molar-refractivity contribution >= 4 is 21.9 Å². The van der Waals surface area contributed by atoms with Gasteiger partial charge in [0.2, 0.25) is 0 Å². The van der Waals surface area contributed by atoms with Gasteiger partial charge in [-0.25, -0.2) is 0 Å². The van der Waals surface area contributed by atoms with Gasteiger partial charge in [-0.3, -0.25) is 4.79 Å². The Kier molecular flexibility index (Phi) is 6.00. The van der Waals surface area contributed by atoms with Crippen LogP contribution < -0.4 is 10.1 Å². The molecule has 0 aliphatic heterocycles. The third-order valence-electron chi connectivity index (χ3n) is 2.09. The highest BCUT2D eigenvalue weighted by molar-refractivity contribution is 9.10. The van der Waals surface area contributed by atoms with Gasteiger partial charge >= 0.3 is 12.6 Å². The Morgan fingerprint density at radius 2 is 2.22 bits per heavy atom. The average Bonchev–Trinajstić information content (AvgIpc) is 2.27. The SMILES string of the molecule is O=C(O)CCNCc1cccc(Br)c1OC(F)F. The van der Waals surface area contributed by atoms with Crippen molar-refractivity contribution in [3.8, 4) is 5.75 Å². The molecule has 0 radical (unpaired) electrons. The van der Waals surface area contributed by atoms with Crippen molar-refractivity contribution in [2.45, 2.75) is 19.6 Å². The van der Waals surface area contributed by atoms with E-state index in [0.29, 0.717) is 10.0 Å². The lowest BCUT2D eigenvalue weighted by molar-refractivity contribution is -0.136. The molecule has 2 N–H and O–H groups in total. The van der Waals surface area contributed by atoms with E-state index in [1.54, 1.807) is 18.2 Å². The summed E-state index contributed by atoms with van der Waals surface area (Å²) in [6.07, 6.45) is -0.0287. The molecule has 1 aromatic rings. The Morgan fingerprint density at radius 3 is 2.83 bits per heavy atom. The molecule has 0 atom stereocenters. The molecule has 0 fully saturated rings. The summed E-state index contributed by atoms with van der Waals surface area (Å²) in [5, 5.41) is 11.3. The molecule has 7 heteroatoms. The highest BCUT2D eigenvalue weighted by Crippen LogP contribution is 2.30. The van der Waals surface area contributed by atoms with Crippen LogP contribution in [0.5, 0.6) is 5.75 Å². The maximum atomic E-state index is 12.2. The number of hydrogen-bond acceptors (Lipinski definition) is 3. The molecule has 0 unspecified atom stereocenters. The second-order valence-corrected chi connectivity index (χ2v) is 4.28. The van der Waals surface area contributed by atoms with Crippen molar-refractivity contribution in [1.82, 2.24) is 5.32 Å². The molecule has 0 saturated heterocycles. The molecule has 100 valence electrons. The molecule has 0 aromatic heterocycles. The molecular weight excluding hydrogens is 312 g/mol. The van der Waals surface area contributed by atoms with Crippen LogP contribution in [-0.4, -0.2) is 24.2 Å². The van der Waals surface area contributed by atoms with E-state index in [9.17, 15) is 13.6 Å². The first-order valence-corrected chi connectivity index (χ1v) is 5.94. The van der Waals surface area contributed by atoms with E-state index in [1.165, 1.54) is 0 Å². The number of benzene rings is 1. The minimum absolute atomic E-state index is 0.0287. The molecular formula is C11H12BrF2NO3. The zero-order chi connectivity index (χ0) is 13.5. The van der Waals surface area contributed by atoms with Gasteiger partial charge in [0.15, 0.2) is 0 Å². The first kappa shape index (κ1) is 14.8. The third-order valence-corrected chi connectivity index (χ3v) is 2.71. The number of rotatable bonds is 7. The van der Waals surface area contributed by atoms with Crippen molar-refractivity contribution in [2.75, 3.05) is 6.54 Å². The fraction of sp³-hybridized carbons (Fsp3) is 0.364. The van der Waals surface area contributed by atoms with E-state index >= 15 is 0 Å². The molecule has 1 aromatic carbocycles. The number of para-hydroxylation sites is 1. The Hall–Kier alpha value is -1.21. The zero-order valence-electron chi connectivity index (χ0n) is 9.33. The molecule has 0 aliphatic rings. The van der Waals surface area contributed by atoms with Crippen molar-refractivity contribution in [3.05, 3.63) is 28.2 Å². The lowest BCUT2D eigenvalue weighted by Crippen LogP contribution is -2.18. The van der Waals surface area contributed by atoms with Gasteiger partial charge in [-0.05, 0) is 22.0 Å². The Bertz CT molecular complexity index is 415. The smallest absolute Gasteiger partial charge is 0.387 e. The zero-order valence-corrected chi connectivity index (χ0v) is 10.9. The standard InChI is InChI=1S/C11H12BrF2NO3/c12-8-3-1-2-7(10(8)18-11(13)14)6-15-5-4-9(16)17/h1-3,11,15H,4-6H2,(H,16,17). The van der Waals surface area contributed by atoms with Crippen LogP contribution in [0.1, 0.15) is 12.0 Å². The number of halogens is 3. The van der Waals surface area contributed by atoms with E-state index in [0.717, 1.165) is 0 Å². The van der Waals surface area contributed by atoms with Crippen molar-refractivity contribution in [3.63, 3.8) is 0 Å². The van der Waals surface area contributed by atoms with Gasteiger partial charge in [0.05, 0.1) is 10.9 Å². The fourth-order valence-corrected chi connectivity index (χ4v) is 1.83. The number of alkyl halides is 2.